The van der Waals surface area contributed by atoms with Crippen molar-refractivity contribution >= 4 is 22.7 Å². The van der Waals surface area contributed by atoms with Crippen molar-refractivity contribution in [2.45, 2.75) is 46.3 Å². The Labute approximate surface area is 136 Å². The third-order valence-electron chi connectivity index (χ3n) is 3.52. The average molecular weight is 323 g/mol. The molecule has 0 aliphatic heterocycles. The Morgan fingerprint density at radius 2 is 2.10 bits per heavy atom. The topological polar surface area (TPSA) is 15.3 Å². The van der Waals surface area contributed by atoms with Crippen LogP contribution in [-0.4, -0.2) is 24.5 Å². The van der Waals surface area contributed by atoms with Crippen LogP contribution in [0.5, 0.6) is 0 Å². The summed E-state index contributed by atoms with van der Waals surface area (Å²) in [5, 5.41) is 5.66. The van der Waals surface area contributed by atoms with Crippen LogP contribution in [0, 0.1) is 6.92 Å². The number of nitrogens with one attached hydrogen (secondary N) is 1. The lowest BCUT2D eigenvalue weighted by molar-refractivity contribution is 0.332. The maximum atomic E-state index is 3.50. The summed E-state index contributed by atoms with van der Waals surface area (Å²) in [4.78, 5) is 6.81. The molecule has 2 nitrogen and oxygen atoms in total. The van der Waals surface area contributed by atoms with Crippen molar-refractivity contribution in [1.82, 2.24) is 10.2 Å². The molecule has 2 aromatic heterocycles. The van der Waals surface area contributed by atoms with Crippen LogP contribution in [0.2, 0.25) is 0 Å². The maximum absolute atomic E-state index is 3.50. The van der Waals surface area contributed by atoms with Gasteiger partial charge in [0.05, 0.1) is 0 Å². The van der Waals surface area contributed by atoms with Crippen molar-refractivity contribution in [1.29, 1.82) is 0 Å². The molecule has 2 rings (SSSR count). The highest BCUT2D eigenvalue weighted by atomic mass is 32.1. The first-order chi connectivity index (χ1) is 10.0. The minimum Gasteiger partial charge on any atom is -0.310 e. The highest BCUT2D eigenvalue weighted by molar-refractivity contribution is 7.12. The second kappa shape index (κ2) is 8.08. The van der Waals surface area contributed by atoms with E-state index in [1.807, 2.05) is 22.7 Å². The van der Waals surface area contributed by atoms with Gasteiger partial charge in [-0.15, -0.1) is 22.7 Å². The Bertz CT molecular complexity index is 529. The molecule has 0 aliphatic carbocycles. The fourth-order valence-electron chi connectivity index (χ4n) is 2.26. The first-order valence-corrected chi connectivity index (χ1v) is 9.26. The van der Waals surface area contributed by atoms with Gasteiger partial charge in [-0.1, -0.05) is 19.9 Å². The Morgan fingerprint density at radius 1 is 1.29 bits per heavy atom. The monoisotopic (exact) mass is 322 g/mol. The van der Waals surface area contributed by atoms with Crippen LogP contribution in [0.1, 0.15) is 34.0 Å². The van der Waals surface area contributed by atoms with Gasteiger partial charge >= 0.3 is 0 Å². The van der Waals surface area contributed by atoms with Gasteiger partial charge in [0, 0.05) is 40.3 Å². The molecule has 0 aromatic carbocycles. The lowest BCUT2D eigenvalue weighted by atomic mass is 10.2. The first-order valence-electron chi connectivity index (χ1n) is 7.57. The summed E-state index contributed by atoms with van der Waals surface area (Å²) in [6.07, 6.45) is 1.15. The highest BCUT2D eigenvalue weighted by Crippen LogP contribution is 2.23. The fourth-order valence-corrected chi connectivity index (χ4v) is 3.96. The third kappa shape index (κ3) is 5.55. The summed E-state index contributed by atoms with van der Waals surface area (Å²) in [6, 6.07) is 7.28. The summed E-state index contributed by atoms with van der Waals surface area (Å²) >= 11 is 3.78. The number of aryl methyl sites for hydroxylation is 1. The second-order valence-corrected chi connectivity index (χ2v) is 8.27. The molecule has 2 heterocycles. The molecule has 116 valence electrons. The van der Waals surface area contributed by atoms with E-state index in [1.165, 1.54) is 20.2 Å². The zero-order valence-corrected chi connectivity index (χ0v) is 15.1. The molecule has 0 saturated carbocycles. The molecule has 0 bridgehead atoms. The Morgan fingerprint density at radius 3 is 2.76 bits per heavy atom. The van der Waals surface area contributed by atoms with Gasteiger partial charge in [-0.25, -0.2) is 0 Å². The van der Waals surface area contributed by atoms with Crippen LogP contribution in [-0.2, 0) is 19.5 Å². The van der Waals surface area contributed by atoms with Crippen molar-refractivity contribution in [2.24, 2.45) is 0 Å². The van der Waals surface area contributed by atoms with Gasteiger partial charge in [-0.2, -0.15) is 0 Å². The van der Waals surface area contributed by atoms with Crippen LogP contribution >= 0.6 is 22.7 Å². The lowest BCUT2D eigenvalue weighted by Crippen LogP contribution is -2.21. The van der Waals surface area contributed by atoms with Crippen LogP contribution in [0.4, 0.5) is 0 Å². The maximum Gasteiger partial charge on any atom is 0.0302 e. The standard InChI is InChI=1S/C17H26N2S2/c1-13(2)18-11-17-10-15(14(3)21-17)12-19(4)8-7-16-6-5-9-20-16/h5-6,9-10,13,18H,7-8,11-12H2,1-4H3. The molecular weight excluding hydrogens is 296 g/mol. The van der Waals surface area contributed by atoms with E-state index in [0.29, 0.717) is 6.04 Å². The molecule has 0 unspecified atom stereocenters. The Kier molecular flexibility index (Phi) is 6.42. The molecule has 0 amide bonds. The van der Waals surface area contributed by atoms with Gasteiger partial charge < -0.3 is 10.2 Å². The third-order valence-corrected chi connectivity index (χ3v) is 5.55. The molecule has 21 heavy (non-hydrogen) atoms. The molecule has 2 aromatic rings. The number of thiophene rings is 2. The fraction of sp³-hybridized carbons (Fsp3) is 0.529. The number of hydrogen-bond donors (Lipinski definition) is 1. The summed E-state index contributed by atoms with van der Waals surface area (Å²) < 4.78 is 0. The van der Waals surface area contributed by atoms with Gasteiger partial charge in [-0.3, -0.25) is 0 Å². The Balaban J connectivity index is 1.83. The quantitative estimate of drug-likeness (QED) is 0.780. The van der Waals surface area contributed by atoms with Crippen molar-refractivity contribution in [3.05, 3.63) is 43.8 Å². The van der Waals surface area contributed by atoms with E-state index < -0.39 is 0 Å². The molecule has 0 aliphatic rings. The van der Waals surface area contributed by atoms with Crippen molar-refractivity contribution in [2.75, 3.05) is 13.6 Å². The van der Waals surface area contributed by atoms with E-state index in [-0.39, 0.29) is 0 Å². The molecule has 0 fully saturated rings. The van der Waals surface area contributed by atoms with Gasteiger partial charge in [-0.05, 0) is 43.5 Å². The molecule has 0 saturated heterocycles. The van der Waals surface area contributed by atoms with E-state index in [4.69, 9.17) is 0 Å². The van der Waals surface area contributed by atoms with Crippen LogP contribution in [0.25, 0.3) is 0 Å². The molecular formula is C17H26N2S2. The van der Waals surface area contributed by atoms with Crippen LogP contribution in [0.3, 0.4) is 0 Å². The summed E-state index contributed by atoms with van der Waals surface area (Å²) in [5.41, 5.74) is 1.48. The van der Waals surface area contributed by atoms with E-state index in [2.05, 4.69) is 61.6 Å². The predicted octanol–water partition coefficient (Wildman–Crippen LogP) is 4.29. The minimum absolute atomic E-state index is 0.546. The van der Waals surface area contributed by atoms with E-state index in [1.54, 1.807) is 0 Å². The van der Waals surface area contributed by atoms with Crippen LogP contribution in [0.15, 0.2) is 23.6 Å². The lowest BCUT2D eigenvalue weighted by Gasteiger charge is -2.15. The smallest absolute Gasteiger partial charge is 0.0302 e. The van der Waals surface area contributed by atoms with Crippen LogP contribution < -0.4 is 5.32 Å². The molecule has 0 spiro atoms. The number of hydrogen-bond acceptors (Lipinski definition) is 4. The summed E-state index contributed by atoms with van der Waals surface area (Å²) in [6.45, 7) is 9.79. The van der Waals surface area contributed by atoms with Gasteiger partial charge in [0.15, 0.2) is 0 Å². The number of likely N-dealkylation sites (N-methyl/N-ethyl adjacent to an activating group) is 1. The van der Waals surface area contributed by atoms with Crippen molar-refractivity contribution in [3.63, 3.8) is 0 Å². The number of rotatable bonds is 8. The van der Waals surface area contributed by atoms with Gasteiger partial charge in [0.1, 0.15) is 0 Å². The van der Waals surface area contributed by atoms with Crippen molar-refractivity contribution in [3.8, 4) is 0 Å². The highest BCUT2D eigenvalue weighted by Gasteiger charge is 2.09. The second-order valence-electron chi connectivity index (χ2n) is 5.90. The predicted molar refractivity (Wildman–Crippen MR) is 95.4 cm³/mol. The SMILES string of the molecule is Cc1sc(CNC(C)C)cc1CN(C)CCc1cccs1. The zero-order valence-electron chi connectivity index (χ0n) is 13.5. The van der Waals surface area contributed by atoms with Gasteiger partial charge in [0.25, 0.3) is 0 Å². The Hall–Kier alpha value is -0.680. The van der Waals surface area contributed by atoms with E-state index in [9.17, 15) is 0 Å². The minimum atomic E-state index is 0.546. The average Bonchev–Trinajstić information content (AvgIpc) is 3.05. The zero-order chi connectivity index (χ0) is 15.2. The molecule has 1 N–H and O–H groups in total. The summed E-state index contributed by atoms with van der Waals surface area (Å²) in [5.74, 6) is 0. The largest absolute Gasteiger partial charge is 0.310 e. The van der Waals surface area contributed by atoms with Gasteiger partial charge in [0.2, 0.25) is 0 Å². The summed E-state index contributed by atoms with van der Waals surface area (Å²) in [7, 11) is 2.22. The molecule has 0 atom stereocenters. The molecule has 4 heteroatoms. The first kappa shape index (κ1) is 16.7. The van der Waals surface area contributed by atoms with E-state index in [0.717, 1.165) is 26.1 Å². The molecule has 0 radical (unpaired) electrons. The normalized spacial score (nSPS) is 11.7. The number of nitrogens with zero attached hydrogens (tertiary/aromatic N) is 1. The van der Waals surface area contributed by atoms with Crippen molar-refractivity contribution < 1.29 is 0 Å². The van der Waals surface area contributed by atoms with E-state index >= 15 is 0 Å².